The molecule has 0 aliphatic carbocycles. The lowest BCUT2D eigenvalue weighted by molar-refractivity contribution is 0.384. The van der Waals surface area contributed by atoms with Crippen molar-refractivity contribution in [3.05, 3.63) is 23.8 Å². The van der Waals surface area contributed by atoms with E-state index in [1.807, 2.05) is 6.07 Å². The van der Waals surface area contributed by atoms with Crippen molar-refractivity contribution in [1.29, 1.82) is 0 Å². The zero-order valence-corrected chi connectivity index (χ0v) is 11.9. The van der Waals surface area contributed by atoms with Crippen LogP contribution in [0.1, 0.15) is 18.0 Å². The summed E-state index contributed by atoms with van der Waals surface area (Å²) in [4.78, 5) is 0. The van der Waals surface area contributed by atoms with E-state index in [-0.39, 0.29) is 23.5 Å². The maximum absolute atomic E-state index is 11.5. The highest BCUT2D eigenvalue weighted by Gasteiger charge is 2.33. The largest absolute Gasteiger partial charge is 0.497 e. The average molecular weight is 285 g/mol. The van der Waals surface area contributed by atoms with Crippen LogP contribution in [0, 0.1) is 5.92 Å². The quantitative estimate of drug-likeness (QED) is 0.897. The number of benzene rings is 1. The number of rotatable bonds is 4. The molecule has 106 valence electrons. The highest BCUT2D eigenvalue weighted by Crippen LogP contribution is 2.36. The molecule has 1 fully saturated rings. The van der Waals surface area contributed by atoms with Gasteiger partial charge in [-0.05, 0) is 30.5 Å². The number of sulfone groups is 1. The maximum atomic E-state index is 11.5. The Morgan fingerprint density at radius 3 is 2.58 bits per heavy atom. The van der Waals surface area contributed by atoms with Crippen molar-refractivity contribution in [2.45, 2.75) is 12.5 Å². The lowest BCUT2D eigenvalue weighted by atomic mass is 9.92. The summed E-state index contributed by atoms with van der Waals surface area (Å²) in [7, 11) is 0.218. The number of hydrogen-bond acceptors (Lipinski definition) is 5. The van der Waals surface area contributed by atoms with Crippen molar-refractivity contribution in [2.24, 2.45) is 11.7 Å². The molecule has 5 nitrogen and oxygen atoms in total. The van der Waals surface area contributed by atoms with Crippen molar-refractivity contribution >= 4 is 9.84 Å². The van der Waals surface area contributed by atoms with Crippen molar-refractivity contribution in [3.63, 3.8) is 0 Å². The normalized spacial score (nSPS) is 23.0. The van der Waals surface area contributed by atoms with Crippen molar-refractivity contribution in [3.8, 4) is 11.5 Å². The number of methoxy groups -OCH3 is 2. The van der Waals surface area contributed by atoms with Gasteiger partial charge in [0.05, 0.1) is 25.7 Å². The summed E-state index contributed by atoms with van der Waals surface area (Å²) in [6.07, 6.45) is 0.601. The van der Waals surface area contributed by atoms with E-state index in [0.717, 1.165) is 5.56 Å². The average Bonchev–Trinajstić information content (AvgIpc) is 2.77. The van der Waals surface area contributed by atoms with Gasteiger partial charge in [-0.25, -0.2) is 8.42 Å². The van der Waals surface area contributed by atoms with Crippen LogP contribution in [0.3, 0.4) is 0 Å². The maximum Gasteiger partial charge on any atom is 0.150 e. The van der Waals surface area contributed by atoms with E-state index in [9.17, 15) is 8.42 Å². The van der Waals surface area contributed by atoms with Crippen LogP contribution in [-0.2, 0) is 9.84 Å². The number of nitrogens with two attached hydrogens (primary N) is 1. The molecule has 2 N–H and O–H groups in total. The molecule has 19 heavy (non-hydrogen) atoms. The summed E-state index contributed by atoms with van der Waals surface area (Å²) in [6, 6.07) is 5.04. The van der Waals surface area contributed by atoms with Crippen LogP contribution in [0.15, 0.2) is 18.2 Å². The van der Waals surface area contributed by atoms with Gasteiger partial charge in [-0.15, -0.1) is 0 Å². The molecule has 1 aliphatic heterocycles. The van der Waals surface area contributed by atoms with E-state index < -0.39 is 9.84 Å². The Morgan fingerprint density at radius 1 is 1.32 bits per heavy atom. The molecule has 1 aliphatic rings. The fraction of sp³-hybridized carbons (Fsp3) is 0.538. The smallest absolute Gasteiger partial charge is 0.150 e. The summed E-state index contributed by atoms with van der Waals surface area (Å²) < 4.78 is 33.6. The third-order valence-electron chi connectivity index (χ3n) is 3.57. The fourth-order valence-electron chi connectivity index (χ4n) is 2.46. The van der Waals surface area contributed by atoms with Crippen LogP contribution < -0.4 is 15.2 Å². The predicted molar refractivity (Wildman–Crippen MR) is 73.2 cm³/mol. The zero-order chi connectivity index (χ0) is 14.0. The Bertz CT molecular complexity index is 556. The second-order valence-electron chi connectivity index (χ2n) is 4.80. The lowest BCUT2D eigenvalue weighted by Gasteiger charge is -2.21. The van der Waals surface area contributed by atoms with Crippen molar-refractivity contribution < 1.29 is 17.9 Å². The van der Waals surface area contributed by atoms with Crippen LogP contribution in [-0.4, -0.2) is 34.1 Å². The molecule has 1 aromatic carbocycles. The summed E-state index contributed by atoms with van der Waals surface area (Å²) >= 11 is 0. The van der Waals surface area contributed by atoms with Crippen LogP contribution in [0.4, 0.5) is 0 Å². The SMILES string of the molecule is COc1ccc(OC)c(C(N)C2CCS(=O)(=O)C2)c1. The molecular weight excluding hydrogens is 266 g/mol. The summed E-state index contributed by atoms with van der Waals surface area (Å²) in [5.74, 6) is 1.65. The van der Waals surface area contributed by atoms with Crippen LogP contribution in [0.25, 0.3) is 0 Å². The zero-order valence-electron chi connectivity index (χ0n) is 11.1. The predicted octanol–water partition coefficient (Wildman–Crippen LogP) is 1.14. The standard InChI is InChI=1S/C13H19NO4S/c1-17-10-3-4-12(18-2)11(7-10)13(14)9-5-6-19(15,16)8-9/h3-4,7,9,13H,5-6,8,14H2,1-2H3. The van der Waals surface area contributed by atoms with Crippen LogP contribution in [0.5, 0.6) is 11.5 Å². The minimum Gasteiger partial charge on any atom is -0.497 e. The first-order valence-corrected chi connectivity index (χ1v) is 7.97. The van der Waals surface area contributed by atoms with E-state index in [2.05, 4.69) is 0 Å². The second-order valence-corrected chi connectivity index (χ2v) is 7.03. The van der Waals surface area contributed by atoms with E-state index >= 15 is 0 Å². The number of ether oxygens (including phenoxy) is 2. The molecule has 1 saturated heterocycles. The second kappa shape index (κ2) is 5.38. The first-order chi connectivity index (χ1) is 8.96. The summed E-state index contributed by atoms with van der Waals surface area (Å²) in [5, 5.41) is 0. The first kappa shape index (κ1) is 14.1. The number of hydrogen-bond donors (Lipinski definition) is 1. The molecule has 1 heterocycles. The molecule has 0 aromatic heterocycles. The third-order valence-corrected chi connectivity index (χ3v) is 5.37. The molecule has 0 saturated carbocycles. The van der Waals surface area contributed by atoms with Gasteiger partial charge < -0.3 is 15.2 Å². The Kier molecular flexibility index (Phi) is 4.01. The molecule has 1 aromatic rings. The Hall–Kier alpha value is -1.27. The minimum absolute atomic E-state index is 0.0639. The molecule has 2 rings (SSSR count). The Balaban J connectivity index is 2.30. The van der Waals surface area contributed by atoms with E-state index in [1.165, 1.54) is 0 Å². The molecule has 2 unspecified atom stereocenters. The Morgan fingerprint density at radius 2 is 2.05 bits per heavy atom. The monoisotopic (exact) mass is 285 g/mol. The molecule has 0 radical (unpaired) electrons. The molecule has 6 heteroatoms. The van der Waals surface area contributed by atoms with Gasteiger partial charge in [-0.1, -0.05) is 0 Å². The van der Waals surface area contributed by atoms with Crippen LogP contribution >= 0.6 is 0 Å². The lowest BCUT2D eigenvalue weighted by Crippen LogP contribution is -2.23. The molecule has 0 spiro atoms. The highest BCUT2D eigenvalue weighted by atomic mass is 32.2. The van der Waals surface area contributed by atoms with E-state index in [0.29, 0.717) is 17.9 Å². The van der Waals surface area contributed by atoms with E-state index in [1.54, 1.807) is 26.4 Å². The van der Waals surface area contributed by atoms with Gasteiger partial charge >= 0.3 is 0 Å². The van der Waals surface area contributed by atoms with Gasteiger partial charge in [-0.2, -0.15) is 0 Å². The van der Waals surface area contributed by atoms with Gasteiger partial charge in [0.25, 0.3) is 0 Å². The summed E-state index contributed by atoms with van der Waals surface area (Å²) in [6.45, 7) is 0. The van der Waals surface area contributed by atoms with Gasteiger partial charge in [0, 0.05) is 11.6 Å². The van der Waals surface area contributed by atoms with Crippen molar-refractivity contribution in [2.75, 3.05) is 25.7 Å². The Labute approximate surface area is 113 Å². The van der Waals surface area contributed by atoms with Gasteiger partial charge in [-0.3, -0.25) is 0 Å². The van der Waals surface area contributed by atoms with Gasteiger partial charge in [0.15, 0.2) is 9.84 Å². The van der Waals surface area contributed by atoms with E-state index in [4.69, 9.17) is 15.2 Å². The topological polar surface area (TPSA) is 78.6 Å². The fourth-order valence-corrected chi connectivity index (χ4v) is 4.32. The molecule has 0 bridgehead atoms. The highest BCUT2D eigenvalue weighted by molar-refractivity contribution is 7.91. The third kappa shape index (κ3) is 3.01. The van der Waals surface area contributed by atoms with Crippen LogP contribution in [0.2, 0.25) is 0 Å². The van der Waals surface area contributed by atoms with Gasteiger partial charge in [0.2, 0.25) is 0 Å². The first-order valence-electron chi connectivity index (χ1n) is 6.15. The molecule has 2 atom stereocenters. The van der Waals surface area contributed by atoms with Gasteiger partial charge in [0.1, 0.15) is 11.5 Å². The summed E-state index contributed by atoms with van der Waals surface area (Å²) in [5.41, 5.74) is 7.02. The molecular formula is C13H19NO4S. The van der Waals surface area contributed by atoms with Crippen molar-refractivity contribution in [1.82, 2.24) is 0 Å². The minimum atomic E-state index is -2.94. The molecule has 0 amide bonds.